The fourth-order valence-electron chi connectivity index (χ4n) is 1.18. The number of ether oxygens (including phenoxy) is 1. The summed E-state index contributed by atoms with van der Waals surface area (Å²) >= 11 is 0. The molecule has 0 aliphatic heterocycles. The molecule has 0 rings (SSSR count). The summed E-state index contributed by atoms with van der Waals surface area (Å²) in [7, 11) is 0. The SMILES string of the molecule is C=CC(CCCC)C(=O)OCCCC. The van der Waals surface area contributed by atoms with Crippen molar-refractivity contribution in [1.82, 2.24) is 0 Å². The first-order valence-corrected chi connectivity index (χ1v) is 5.55. The molecule has 0 aliphatic rings. The number of hydrogen-bond donors (Lipinski definition) is 0. The lowest BCUT2D eigenvalue weighted by molar-refractivity contribution is -0.147. The molecule has 0 aromatic heterocycles. The van der Waals surface area contributed by atoms with Crippen LogP contribution in [-0.4, -0.2) is 12.6 Å². The van der Waals surface area contributed by atoms with Crippen LogP contribution in [0.1, 0.15) is 46.0 Å². The molecule has 82 valence electrons. The van der Waals surface area contributed by atoms with E-state index in [4.69, 9.17) is 4.74 Å². The van der Waals surface area contributed by atoms with Crippen LogP contribution in [0.4, 0.5) is 0 Å². The van der Waals surface area contributed by atoms with Gasteiger partial charge in [-0.3, -0.25) is 4.79 Å². The third kappa shape index (κ3) is 5.79. The zero-order valence-corrected chi connectivity index (χ0v) is 9.42. The van der Waals surface area contributed by atoms with Gasteiger partial charge in [0.1, 0.15) is 0 Å². The second-order valence-electron chi connectivity index (χ2n) is 3.51. The Balaban J connectivity index is 3.73. The molecule has 0 aromatic carbocycles. The summed E-state index contributed by atoms with van der Waals surface area (Å²) in [4.78, 5) is 11.5. The van der Waals surface area contributed by atoms with Gasteiger partial charge >= 0.3 is 5.97 Å². The standard InChI is InChI=1S/C12H22O2/c1-4-7-9-11(6-3)12(13)14-10-8-5-2/h6,11H,3-5,7-10H2,1-2H3. The van der Waals surface area contributed by atoms with E-state index in [1.807, 2.05) is 0 Å². The highest BCUT2D eigenvalue weighted by Crippen LogP contribution is 2.11. The van der Waals surface area contributed by atoms with Crippen LogP contribution >= 0.6 is 0 Å². The highest BCUT2D eigenvalue weighted by molar-refractivity contribution is 5.74. The summed E-state index contributed by atoms with van der Waals surface area (Å²) < 4.78 is 5.12. The van der Waals surface area contributed by atoms with Crippen molar-refractivity contribution in [3.8, 4) is 0 Å². The molecule has 0 spiro atoms. The third-order valence-electron chi connectivity index (χ3n) is 2.20. The Labute approximate surface area is 87.3 Å². The molecule has 0 saturated carbocycles. The molecule has 2 heteroatoms. The summed E-state index contributed by atoms with van der Waals surface area (Å²) in [5.41, 5.74) is 0. The third-order valence-corrected chi connectivity index (χ3v) is 2.20. The van der Waals surface area contributed by atoms with Crippen molar-refractivity contribution < 1.29 is 9.53 Å². The monoisotopic (exact) mass is 198 g/mol. The van der Waals surface area contributed by atoms with E-state index >= 15 is 0 Å². The second kappa shape index (κ2) is 8.79. The van der Waals surface area contributed by atoms with E-state index < -0.39 is 0 Å². The first kappa shape index (κ1) is 13.2. The average molecular weight is 198 g/mol. The predicted octanol–water partition coefficient (Wildman–Crippen LogP) is 3.32. The lowest BCUT2D eigenvalue weighted by Gasteiger charge is -2.11. The fraction of sp³-hybridized carbons (Fsp3) is 0.750. The van der Waals surface area contributed by atoms with E-state index in [0.29, 0.717) is 6.61 Å². The Morgan fingerprint density at radius 2 is 2.00 bits per heavy atom. The van der Waals surface area contributed by atoms with Gasteiger partial charge in [-0.15, -0.1) is 6.58 Å². The number of unbranched alkanes of at least 4 members (excludes halogenated alkanes) is 2. The lowest BCUT2D eigenvalue weighted by Crippen LogP contribution is -2.16. The van der Waals surface area contributed by atoms with Crippen LogP contribution in [-0.2, 0) is 9.53 Å². The first-order chi connectivity index (χ1) is 6.76. The van der Waals surface area contributed by atoms with E-state index in [1.165, 1.54) is 0 Å². The Morgan fingerprint density at radius 1 is 1.36 bits per heavy atom. The van der Waals surface area contributed by atoms with Gasteiger partial charge in [-0.25, -0.2) is 0 Å². The summed E-state index contributed by atoms with van der Waals surface area (Å²) in [6.45, 7) is 8.40. The molecule has 0 radical (unpaired) electrons. The van der Waals surface area contributed by atoms with Gasteiger partial charge in [-0.2, -0.15) is 0 Å². The maximum absolute atomic E-state index is 11.5. The van der Waals surface area contributed by atoms with Crippen LogP contribution in [0.15, 0.2) is 12.7 Å². The molecular weight excluding hydrogens is 176 g/mol. The highest BCUT2D eigenvalue weighted by atomic mass is 16.5. The van der Waals surface area contributed by atoms with Gasteiger partial charge in [-0.1, -0.05) is 39.2 Å². The van der Waals surface area contributed by atoms with Crippen molar-refractivity contribution in [3.63, 3.8) is 0 Å². The van der Waals surface area contributed by atoms with Crippen molar-refractivity contribution in [2.45, 2.75) is 46.0 Å². The average Bonchev–Trinajstić information content (AvgIpc) is 2.19. The summed E-state index contributed by atoms with van der Waals surface area (Å²) in [6.07, 6.45) is 6.73. The van der Waals surface area contributed by atoms with Gasteiger partial charge in [0.05, 0.1) is 12.5 Å². The topological polar surface area (TPSA) is 26.3 Å². The molecule has 0 amide bonds. The van der Waals surface area contributed by atoms with Crippen LogP contribution in [0, 0.1) is 5.92 Å². The van der Waals surface area contributed by atoms with Crippen molar-refractivity contribution >= 4 is 5.97 Å². The molecule has 1 unspecified atom stereocenters. The van der Waals surface area contributed by atoms with Crippen LogP contribution < -0.4 is 0 Å². The van der Waals surface area contributed by atoms with E-state index in [2.05, 4.69) is 20.4 Å². The van der Waals surface area contributed by atoms with Gasteiger partial charge in [-0.05, 0) is 12.8 Å². The minimum absolute atomic E-state index is 0.105. The van der Waals surface area contributed by atoms with E-state index in [-0.39, 0.29) is 11.9 Å². The van der Waals surface area contributed by atoms with Crippen LogP contribution in [0.2, 0.25) is 0 Å². The zero-order valence-electron chi connectivity index (χ0n) is 9.42. The first-order valence-electron chi connectivity index (χ1n) is 5.55. The quantitative estimate of drug-likeness (QED) is 0.340. The van der Waals surface area contributed by atoms with E-state index in [0.717, 1.165) is 32.1 Å². The molecule has 0 heterocycles. The molecule has 14 heavy (non-hydrogen) atoms. The number of carbonyl (C=O) groups is 1. The van der Waals surface area contributed by atoms with E-state index in [1.54, 1.807) is 6.08 Å². The van der Waals surface area contributed by atoms with Crippen LogP contribution in [0.5, 0.6) is 0 Å². The predicted molar refractivity (Wildman–Crippen MR) is 59.1 cm³/mol. The van der Waals surface area contributed by atoms with Gasteiger partial charge in [0.25, 0.3) is 0 Å². The molecule has 0 bridgehead atoms. The normalized spacial score (nSPS) is 12.1. The maximum Gasteiger partial charge on any atom is 0.312 e. The smallest absolute Gasteiger partial charge is 0.312 e. The van der Waals surface area contributed by atoms with Gasteiger partial charge in [0.15, 0.2) is 0 Å². The van der Waals surface area contributed by atoms with Crippen molar-refractivity contribution in [2.24, 2.45) is 5.92 Å². The van der Waals surface area contributed by atoms with E-state index in [9.17, 15) is 4.79 Å². The van der Waals surface area contributed by atoms with Crippen molar-refractivity contribution in [3.05, 3.63) is 12.7 Å². The molecule has 0 saturated heterocycles. The second-order valence-corrected chi connectivity index (χ2v) is 3.51. The molecule has 0 fully saturated rings. The van der Waals surface area contributed by atoms with Crippen LogP contribution in [0.25, 0.3) is 0 Å². The maximum atomic E-state index is 11.5. The van der Waals surface area contributed by atoms with Crippen molar-refractivity contribution in [1.29, 1.82) is 0 Å². The Morgan fingerprint density at radius 3 is 2.50 bits per heavy atom. The molecule has 0 N–H and O–H groups in total. The lowest BCUT2D eigenvalue weighted by atomic mass is 10.0. The van der Waals surface area contributed by atoms with Crippen LogP contribution in [0.3, 0.4) is 0 Å². The summed E-state index contributed by atoms with van der Waals surface area (Å²) in [5, 5.41) is 0. The zero-order chi connectivity index (χ0) is 10.8. The Bertz CT molecular complexity index is 164. The molecule has 2 nitrogen and oxygen atoms in total. The summed E-state index contributed by atoms with van der Waals surface area (Å²) in [5.74, 6) is -0.214. The summed E-state index contributed by atoms with van der Waals surface area (Å²) in [6, 6.07) is 0. The fourth-order valence-corrected chi connectivity index (χ4v) is 1.18. The molecule has 1 atom stereocenters. The molecular formula is C12H22O2. The number of rotatable bonds is 8. The van der Waals surface area contributed by atoms with Gasteiger partial charge in [0, 0.05) is 0 Å². The van der Waals surface area contributed by atoms with Crippen molar-refractivity contribution in [2.75, 3.05) is 6.61 Å². The molecule has 0 aliphatic carbocycles. The Kier molecular flexibility index (Phi) is 8.30. The minimum atomic E-state index is -0.109. The largest absolute Gasteiger partial charge is 0.465 e. The number of carbonyl (C=O) groups excluding carboxylic acids is 1. The number of esters is 1. The molecule has 0 aromatic rings. The highest BCUT2D eigenvalue weighted by Gasteiger charge is 2.14. The van der Waals surface area contributed by atoms with Gasteiger partial charge in [0.2, 0.25) is 0 Å². The van der Waals surface area contributed by atoms with Gasteiger partial charge < -0.3 is 4.74 Å². The minimum Gasteiger partial charge on any atom is -0.465 e. The number of hydrogen-bond acceptors (Lipinski definition) is 2. The Hall–Kier alpha value is -0.790.